The van der Waals surface area contributed by atoms with E-state index in [4.69, 9.17) is 0 Å². The first-order valence-electron chi connectivity index (χ1n) is 7.02. The van der Waals surface area contributed by atoms with Gasteiger partial charge in [-0.05, 0) is 53.0 Å². The number of nitrogens with zero attached hydrogens (tertiary/aromatic N) is 2. The van der Waals surface area contributed by atoms with Gasteiger partial charge in [0, 0.05) is 28.9 Å². The SMILES string of the molecule is Cc1ccc(S(=O)(=O)n2cc(CCO)c3cc(Br)cnc32)cc1. The lowest BCUT2D eigenvalue weighted by atomic mass is 10.2. The molecule has 0 radical (unpaired) electrons. The van der Waals surface area contributed by atoms with Gasteiger partial charge in [0.05, 0.1) is 4.90 Å². The van der Waals surface area contributed by atoms with Crippen molar-refractivity contribution in [2.75, 3.05) is 6.61 Å². The van der Waals surface area contributed by atoms with E-state index in [1.807, 2.05) is 13.0 Å². The van der Waals surface area contributed by atoms with Crippen molar-refractivity contribution in [3.05, 3.63) is 58.3 Å². The molecule has 0 saturated carbocycles. The highest BCUT2D eigenvalue weighted by atomic mass is 79.9. The maximum Gasteiger partial charge on any atom is 0.269 e. The molecule has 0 spiro atoms. The molecule has 0 fully saturated rings. The van der Waals surface area contributed by atoms with Crippen molar-refractivity contribution in [1.29, 1.82) is 0 Å². The number of benzene rings is 1. The molecule has 0 amide bonds. The normalized spacial score (nSPS) is 12.0. The molecule has 0 bridgehead atoms. The van der Waals surface area contributed by atoms with Crippen LogP contribution in [0.1, 0.15) is 11.1 Å². The van der Waals surface area contributed by atoms with Crippen LogP contribution in [0.15, 0.2) is 52.1 Å². The molecule has 0 aliphatic rings. The second-order valence-corrected chi connectivity index (χ2v) is 8.00. The molecule has 7 heteroatoms. The first-order valence-corrected chi connectivity index (χ1v) is 9.25. The maximum atomic E-state index is 12.9. The Morgan fingerprint density at radius 2 is 1.96 bits per heavy atom. The van der Waals surface area contributed by atoms with Gasteiger partial charge in [-0.25, -0.2) is 17.4 Å². The fourth-order valence-electron chi connectivity index (χ4n) is 2.44. The van der Waals surface area contributed by atoms with Gasteiger partial charge in [-0.1, -0.05) is 17.7 Å². The predicted octanol–water partition coefficient (Wildman–Crippen LogP) is 2.88. The van der Waals surface area contributed by atoms with E-state index in [9.17, 15) is 13.5 Å². The van der Waals surface area contributed by atoms with E-state index in [1.165, 1.54) is 10.2 Å². The molecule has 0 saturated heterocycles. The summed E-state index contributed by atoms with van der Waals surface area (Å²) in [6.45, 7) is 1.84. The lowest BCUT2D eigenvalue weighted by Crippen LogP contribution is -2.12. The Morgan fingerprint density at radius 3 is 2.61 bits per heavy atom. The molecular weight excluding hydrogens is 380 g/mol. The monoisotopic (exact) mass is 394 g/mol. The summed E-state index contributed by atoms with van der Waals surface area (Å²) in [7, 11) is -3.74. The minimum Gasteiger partial charge on any atom is -0.396 e. The van der Waals surface area contributed by atoms with Gasteiger partial charge < -0.3 is 5.11 Å². The molecule has 0 unspecified atom stereocenters. The number of hydrogen-bond acceptors (Lipinski definition) is 4. The molecule has 2 heterocycles. The topological polar surface area (TPSA) is 72.2 Å². The largest absolute Gasteiger partial charge is 0.396 e. The number of aliphatic hydroxyl groups is 1. The number of hydrogen-bond donors (Lipinski definition) is 1. The Morgan fingerprint density at radius 1 is 1.26 bits per heavy atom. The molecule has 120 valence electrons. The van der Waals surface area contributed by atoms with Gasteiger partial charge in [-0.2, -0.15) is 0 Å². The first-order chi connectivity index (χ1) is 10.9. The number of aryl methyl sites for hydroxylation is 1. The average Bonchev–Trinajstić information content (AvgIpc) is 2.87. The number of halogens is 1. The standard InChI is InChI=1S/C16H15BrN2O3S/c1-11-2-4-14(5-3-11)23(21,22)19-10-12(6-7-20)15-8-13(17)9-18-16(15)19/h2-5,8-10,20H,6-7H2,1H3. The van der Waals surface area contributed by atoms with Gasteiger partial charge in [-0.3, -0.25) is 0 Å². The van der Waals surface area contributed by atoms with Crippen molar-refractivity contribution in [2.45, 2.75) is 18.2 Å². The van der Waals surface area contributed by atoms with Crippen molar-refractivity contribution in [3.63, 3.8) is 0 Å². The van der Waals surface area contributed by atoms with Crippen LogP contribution in [0, 0.1) is 6.92 Å². The van der Waals surface area contributed by atoms with E-state index in [2.05, 4.69) is 20.9 Å². The highest BCUT2D eigenvalue weighted by Gasteiger charge is 2.22. The highest BCUT2D eigenvalue weighted by molar-refractivity contribution is 9.10. The van der Waals surface area contributed by atoms with Gasteiger partial charge in [0.25, 0.3) is 10.0 Å². The Bertz CT molecular complexity index is 963. The molecule has 0 aliphatic carbocycles. The van der Waals surface area contributed by atoms with Crippen molar-refractivity contribution in [3.8, 4) is 0 Å². The maximum absolute atomic E-state index is 12.9. The van der Waals surface area contributed by atoms with Crippen molar-refractivity contribution in [1.82, 2.24) is 8.96 Å². The van der Waals surface area contributed by atoms with Crippen LogP contribution in [-0.4, -0.2) is 29.1 Å². The predicted molar refractivity (Wildman–Crippen MR) is 92.0 cm³/mol. The molecule has 0 atom stereocenters. The Kier molecular flexibility index (Phi) is 4.27. The van der Waals surface area contributed by atoms with Crippen LogP contribution in [0.2, 0.25) is 0 Å². The van der Waals surface area contributed by atoms with E-state index in [1.54, 1.807) is 30.5 Å². The molecule has 2 aromatic heterocycles. The van der Waals surface area contributed by atoms with E-state index in [0.717, 1.165) is 15.6 Å². The smallest absolute Gasteiger partial charge is 0.269 e. The van der Waals surface area contributed by atoms with Crippen molar-refractivity contribution >= 4 is 37.0 Å². The molecule has 1 aromatic carbocycles. The molecule has 0 aliphatic heterocycles. The van der Waals surface area contributed by atoms with Gasteiger partial charge in [-0.15, -0.1) is 0 Å². The van der Waals surface area contributed by atoms with Crippen LogP contribution in [0.4, 0.5) is 0 Å². The van der Waals surface area contributed by atoms with Gasteiger partial charge >= 0.3 is 0 Å². The zero-order chi connectivity index (χ0) is 16.6. The number of rotatable bonds is 4. The Balaban J connectivity index is 2.25. The van der Waals surface area contributed by atoms with E-state index in [-0.39, 0.29) is 11.5 Å². The van der Waals surface area contributed by atoms with Crippen LogP contribution in [0.25, 0.3) is 11.0 Å². The molecule has 3 rings (SSSR count). The molecule has 5 nitrogen and oxygen atoms in total. The lowest BCUT2D eigenvalue weighted by Gasteiger charge is -2.07. The summed E-state index contributed by atoms with van der Waals surface area (Å²) in [5, 5.41) is 9.93. The summed E-state index contributed by atoms with van der Waals surface area (Å²) in [5.41, 5.74) is 2.09. The molecule has 3 aromatic rings. The van der Waals surface area contributed by atoms with Crippen LogP contribution >= 0.6 is 15.9 Å². The Labute approximate surface area is 142 Å². The second-order valence-electron chi connectivity index (χ2n) is 5.27. The zero-order valence-electron chi connectivity index (χ0n) is 12.4. The molecule has 23 heavy (non-hydrogen) atoms. The lowest BCUT2D eigenvalue weighted by molar-refractivity contribution is 0.300. The quantitative estimate of drug-likeness (QED) is 0.738. The third-order valence-corrected chi connectivity index (χ3v) is 5.72. The summed E-state index contributed by atoms with van der Waals surface area (Å²) in [6.07, 6.45) is 3.47. The number of pyridine rings is 1. The summed E-state index contributed by atoms with van der Waals surface area (Å²) in [5.74, 6) is 0. The van der Waals surface area contributed by atoms with Crippen LogP contribution in [0.5, 0.6) is 0 Å². The minimum absolute atomic E-state index is 0.0593. The Hall–Kier alpha value is -1.70. The highest BCUT2D eigenvalue weighted by Crippen LogP contribution is 2.27. The molecular formula is C16H15BrN2O3S. The van der Waals surface area contributed by atoms with Crippen LogP contribution in [0.3, 0.4) is 0 Å². The number of aromatic nitrogens is 2. The van der Waals surface area contributed by atoms with E-state index >= 15 is 0 Å². The third kappa shape index (κ3) is 2.91. The summed E-state index contributed by atoms with van der Waals surface area (Å²) < 4.78 is 27.8. The van der Waals surface area contributed by atoms with Gasteiger partial charge in [0.2, 0.25) is 0 Å². The first kappa shape index (κ1) is 16.2. The average molecular weight is 395 g/mol. The van der Waals surface area contributed by atoms with Gasteiger partial charge in [0.1, 0.15) is 0 Å². The van der Waals surface area contributed by atoms with Crippen molar-refractivity contribution in [2.24, 2.45) is 0 Å². The zero-order valence-corrected chi connectivity index (χ0v) is 14.8. The van der Waals surface area contributed by atoms with Gasteiger partial charge in [0.15, 0.2) is 5.65 Å². The van der Waals surface area contributed by atoms with Crippen LogP contribution < -0.4 is 0 Å². The number of aliphatic hydroxyl groups excluding tert-OH is 1. The summed E-state index contributed by atoms with van der Waals surface area (Å²) in [4.78, 5) is 4.46. The van der Waals surface area contributed by atoms with E-state index in [0.29, 0.717) is 17.5 Å². The third-order valence-electron chi connectivity index (χ3n) is 3.62. The van der Waals surface area contributed by atoms with Crippen molar-refractivity contribution < 1.29 is 13.5 Å². The summed E-state index contributed by atoms with van der Waals surface area (Å²) >= 11 is 3.35. The van der Waals surface area contributed by atoms with Crippen LogP contribution in [-0.2, 0) is 16.4 Å². The fourth-order valence-corrected chi connectivity index (χ4v) is 4.12. The second kappa shape index (κ2) is 6.07. The van der Waals surface area contributed by atoms with E-state index < -0.39 is 10.0 Å². The summed E-state index contributed by atoms with van der Waals surface area (Å²) in [6, 6.07) is 8.51. The molecule has 1 N–H and O–H groups in total. The minimum atomic E-state index is -3.74. The number of fused-ring (bicyclic) bond motifs is 1. The fraction of sp³-hybridized carbons (Fsp3) is 0.188.